The number of anilines is 2. The Hall–Kier alpha value is -3.74. The van der Waals surface area contributed by atoms with E-state index >= 15 is 0 Å². The lowest BCUT2D eigenvalue weighted by Crippen LogP contribution is -2.44. The summed E-state index contributed by atoms with van der Waals surface area (Å²) in [4.78, 5) is 26.2. The van der Waals surface area contributed by atoms with Crippen molar-refractivity contribution in [2.24, 2.45) is 5.92 Å². The van der Waals surface area contributed by atoms with Crippen LogP contribution in [0.3, 0.4) is 0 Å². The third-order valence-corrected chi connectivity index (χ3v) is 6.93. The van der Waals surface area contributed by atoms with Crippen LogP contribution in [-0.4, -0.2) is 56.8 Å². The summed E-state index contributed by atoms with van der Waals surface area (Å²) in [5.41, 5.74) is 4.85. The minimum Gasteiger partial charge on any atom is -0.477 e. The van der Waals surface area contributed by atoms with Crippen molar-refractivity contribution in [3.63, 3.8) is 0 Å². The van der Waals surface area contributed by atoms with Crippen LogP contribution in [-0.2, 0) is 12.7 Å². The summed E-state index contributed by atoms with van der Waals surface area (Å²) in [5.74, 6) is -1.26. The summed E-state index contributed by atoms with van der Waals surface area (Å²) in [7, 11) is 0. The molecule has 2 aliphatic rings. The SMILES string of the molecule is Nc1ncnc(N2CCC(c3nc(-c4ccc(F)c(C(F)(F)F)c4)cn3CC3CNC3)CC2)c1C(=O)O. The molecule has 2 saturated heterocycles. The number of benzene rings is 1. The molecule has 0 bridgehead atoms. The molecule has 37 heavy (non-hydrogen) atoms. The molecule has 0 amide bonds. The number of carbonyl (C=O) groups is 1. The highest BCUT2D eigenvalue weighted by atomic mass is 19.4. The minimum atomic E-state index is -4.81. The Morgan fingerprint density at radius 1 is 1.19 bits per heavy atom. The maximum Gasteiger partial charge on any atom is 0.419 e. The molecule has 2 fully saturated rings. The topological polar surface area (TPSA) is 122 Å². The molecule has 4 N–H and O–H groups in total. The Morgan fingerprint density at radius 3 is 2.54 bits per heavy atom. The van der Waals surface area contributed by atoms with Gasteiger partial charge in [0.1, 0.15) is 35.2 Å². The van der Waals surface area contributed by atoms with E-state index in [0.29, 0.717) is 44.1 Å². The molecule has 4 heterocycles. The minimum absolute atomic E-state index is 0.00645. The van der Waals surface area contributed by atoms with Gasteiger partial charge in [0.25, 0.3) is 0 Å². The summed E-state index contributed by atoms with van der Waals surface area (Å²) in [6.07, 6.45) is -0.595. The number of hydrogen-bond acceptors (Lipinski definition) is 7. The maximum absolute atomic E-state index is 13.9. The molecule has 0 spiro atoms. The van der Waals surface area contributed by atoms with Gasteiger partial charge in [0.15, 0.2) is 0 Å². The summed E-state index contributed by atoms with van der Waals surface area (Å²) in [6.45, 7) is 3.32. The lowest BCUT2D eigenvalue weighted by molar-refractivity contribution is -0.139. The quantitative estimate of drug-likeness (QED) is 0.424. The van der Waals surface area contributed by atoms with Gasteiger partial charge < -0.3 is 25.6 Å². The second-order valence-electron chi connectivity index (χ2n) is 9.38. The number of rotatable bonds is 6. The van der Waals surface area contributed by atoms with Crippen LogP contribution < -0.4 is 16.0 Å². The van der Waals surface area contributed by atoms with Crippen LogP contribution in [0.25, 0.3) is 11.3 Å². The van der Waals surface area contributed by atoms with E-state index < -0.39 is 23.5 Å². The van der Waals surface area contributed by atoms with Gasteiger partial charge in [-0.1, -0.05) is 0 Å². The van der Waals surface area contributed by atoms with E-state index in [0.717, 1.165) is 31.0 Å². The zero-order chi connectivity index (χ0) is 26.3. The number of alkyl halides is 3. The fraction of sp³-hybridized carbons (Fsp3) is 0.417. The Labute approximate surface area is 209 Å². The molecule has 196 valence electrons. The van der Waals surface area contributed by atoms with Gasteiger partial charge in [0.2, 0.25) is 0 Å². The average Bonchev–Trinajstić information content (AvgIpc) is 3.24. The standard InChI is InChI=1S/C24H25F4N7O2/c25-17-2-1-15(7-16(17)24(26,27)28)18-11-35(10-13-8-30-9-13)21(33-18)14-3-5-34(6-4-14)22-19(23(36)37)20(29)31-12-32-22/h1-2,7,11-14,30H,3-6,8-10H2,(H,36,37)(H2,29,31,32). The van der Waals surface area contributed by atoms with Gasteiger partial charge in [-0.2, -0.15) is 13.2 Å². The van der Waals surface area contributed by atoms with Crippen LogP contribution in [0.15, 0.2) is 30.7 Å². The van der Waals surface area contributed by atoms with Crippen LogP contribution in [0.5, 0.6) is 0 Å². The third kappa shape index (κ3) is 4.95. The second-order valence-corrected chi connectivity index (χ2v) is 9.38. The maximum atomic E-state index is 13.9. The first-order valence-electron chi connectivity index (χ1n) is 11.9. The predicted molar refractivity (Wildman–Crippen MR) is 127 cm³/mol. The number of aromatic carboxylic acids is 1. The molecule has 0 radical (unpaired) electrons. The van der Waals surface area contributed by atoms with E-state index in [1.807, 2.05) is 9.47 Å². The number of piperidine rings is 1. The lowest BCUT2D eigenvalue weighted by Gasteiger charge is -2.34. The largest absolute Gasteiger partial charge is 0.477 e. The van der Waals surface area contributed by atoms with Gasteiger partial charge in [0.05, 0.1) is 11.3 Å². The van der Waals surface area contributed by atoms with E-state index in [1.54, 1.807) is 6.20 Å². The number of nitrogens with two attached hydrogens (primary N) is 1. The first-order valence-corrected chi connectivity index (χ1v) is 11.9. The van der Waals surface area contributed by atoms with Crippen LogP contribution in [0.2, 0.25) is 0 Å². The smallest absolute Gasteiger partial charge is 0.419 e. The van der Waals surface area contributed by atoms with E-state index in [4.69, 9.17) is 10.7 Å². The fourth-order valence-corrected chi connectivity index (χ4v) is 4.88. The van der Waals surface area contributed by atoms with Gasteiger partial charge in [0, 0.05) is 56.3 Å². The molecule has 2 aromatic heterocycles. The zero-order valence-electron chi connectivity index (χ0n) is 19.7. The van der Waals surface area contributed by atoms with Crippen molar-refractivity contribution in [3.05, 3.63) is 53.5 Å². The van der Waals surface area contributed by atoms with Crippen molar-refractivity contribution in [1.29, 1.82) is 0 Å². The van der Waals surface area contributed by atoms with Crippen LogP contribution >= 0.6 is 0 Å². The number of imidazole rings is 1. The Morgan fingerprint density at radius 2 is 1.92 bits per heavy atom. The summed E-state index contributed by atoms with van der Waals surface area (Å²) < 4.78 is 55.7. The van der Waals surface area contributed by atoms with Gasteiger partial charge >= 0.3 is 12.1 Å². The fourth-order valence-electron chi connectivity index (χ4n) is 4.88. The molecular formula is C24H25F4N7O2. The summed E-state index contributed by atoms with van der Waals surface area (Å²) in [5, 5.41) is 12.8. The normalized spacial score (nSPS) is 17.1. The number of carboxylic acid groups (broad SMARTS) is 1. The molecule has 2 aliphatic heterocycles. The van der Waals surface area contributed by atoms with Crippen LogP contribution in [0.1, 0.15) is 40.5 Å². The number of aromatic nitrogens is 4. The van der Waals surface area contributed by atoms with Crippen molar-refractivity contribution in [2.75, 3.05) is 36.8 Å². The highest BCUT2D eigenvalue weighted by Crippen LogP contribution is 2.36. The van der Waals surface area contributed by atoms with E-state index in [1.165, 1.54) is 12.4 Å². The van der Waals surface area contributed by atoms with Crippen molar-refractivity contribution >= 4 is 17.6 Å². The highest BCUT2D eigenvalue weighted by molar-refractivity contribution is 5.98. The number of nitrogens with one attached hydrogen (secondary N) is 1. The monoisotopic (exact) mass is 519 g/mol. The molecule has 0 saturated carbocycles. The Balaban J connectivity index is 1.42. The van der Waals surface area contributed by atoms with Gasteiger partial charge in [-0.15, -0.1) is 0 Å². The third-order valence-electron chi connectivity index (χ3n) is 6.93. The Kier molecular flexibility index (Phi) is 6.48. The summed E-state index contributed by atoms with van der Waals surface area (Å²) >= 11 is 0. The van der Waals surface area contributed by atoms with Crippen molar-refractivity contribution in [2.45, 2.75) is 31.5 Å². The van der Waals surface area contributed by atoms with Crippen LogP contribution in [0.4, 0.5) is 29.2 Å². The van der Waals surface area contributed by atoms with Crippen LogP contribution in [0, 0.1) is 11.7 Å². The molecule has 0 unspecified atom stereocenters. The molecule has 9 nitrogen and oxygen atoms in total. The van der Waals surface area contributed by atoms with Crippen molar-refractivity contribution in [3.8, 4) is 11.3 Å². The number of nitrogen functional groups attached to an aromatic ring is 1. The molecular weight excluding hydrogens is 494 g/mol. The molecule has 13 heteroatoms. The number of nitrogens with zero attached hydrogens (tertiary/aromatic N) is 5. The highest BCUT2D eigenvalue weighted by Gasteiger charge is 2.35. The van der Waals surface area contributed by atoms with Crippen molar-refractivity contribution < 1.29 is 27.5 Å². The zero-order valence-corrected chi connectivity index (χ0v) is 19.7. The first-order chi connectivity index (χ1) is 17.6. The number of halogens is 4. The van der Waals surface area contributed by atoms with Gasteiger partial charge in [-0.05, 0) is 31.0 Å². The Bertz CT molecular complexity index is 1310. The lowest BCUT2D eigenvalue weighted by atomic mass is 9.95. The predicted octanol–water partition coefficient (Wildman–Crippen LogP) is 3.38. The second kappa shape index (κ2) is 9.61. The van der Waals surface area contributed by atoms with E-state index in [9.17, 15) is 27.5 Å². The number of carboxylic acids is 1. The average molecular weight is 520 g/mol. The van der Waals surface area contributed by atoms with E-state index in [2.05, 4.69) is 15.3 Å². The number of hydrogen-bond donors (Lipinski definition) is 3. The van der Waals surface area contributed by atoms with Gasteiger partial charge in [-0.3, -0.25) is 0 Å². The molecule has 5 rings (SSSR count). The molecule has 3 aromatic rings. The van der Waals surface area contributed by atoms with Gasteiger partial charge in [-0.25, -0.2) is 24.1 Å². The van der Waals surface area contributed by atoms with E-state index in [-0.39, 0.29) is 28.7 Å². The molecule has 0 atom stereocenters. The summed E-state index contributed by atoms with van der Waals surface area (Å²) in [6, 6.07) is 2.92. The first kappa shape index (κ1) is 24.9. The molecule has 1 aromatic carbocycles. The molecule has 0 aliphatic carbocycles. The van der Waals surface area contributed by atoms with Crippen molar-refractivity contribution in [1.82, 2.24) is 24.8 Å².